The third-order valence-corrected chi connectivity index (χ3v) is 6.22. The zero-order valence-electron chi connectivity index (χ0n) is 13.5. The van der Waals surface area contributed by atoms with E-state index in [-0.39, 0.29) is 0 Å². The van der Waals surface area contributed by atoms with Crippen molar-refractivity contribution in [3.8, 4) is 0 Å². The third kappa shape index (κ3) is 4.19. The van der Waals surface area contributed by atoms with Crippen LogP contribution < -0.4 is 5.32 Å². The molecule has 4 nitrogen and oxygen atoms in total. The van der Waals surface area contributed by atoms with Gasteiger partial charge in [-0.3, -0.25) is 0 Å². The molecule has 0 amide bonds. The Morgan fingerprint density at radius 2 is 1.48 bits per heavy atom. The summed E-state index contributed by atoms with van der Waals surface area (Å²) in [4.78, 5) is 5.17. The maximum absolute atomic E-state index is 9.06. The first kappa shape index (κ1) is 15.7. The average molecular weight is 295 g/mol. The number of rotatable bonds is 4. The minimum atomic E-state index is 0.316. The molecule has 3 rings (SSSR count). The van der Waals surface area contributed by atoms with Crippen LogP contribution in [0, 0.1) is 11.3 Å². The summed E-state index contributed by atoms with van der Waals surface area (Å²) in [5.41, 5.74) is 0.635. The Kier molecular flexibility index (Phi) is 5.54. The molecule has 2 N–H and O–H groups in total. The molecule has 0 aromatic carbocycles. The van der Waals surface area contributed by atoms with Crippen LogP contribution in [0.5, 0.6) is 0 Å². The van der Waals surface area contributed by atoms with E-state index in [9.17, 15) is 0 Å². The molecular weight excluding hydrogens is 262 g/mol. The molecule has 1 spiro atoms. The molecule has 0 atom stereocenters. The van der Waals surface area contributed by atoms with Crippen LogP contribution in [0.2, 0.25) is 0 Å². The van der Waals surface area contributed by atoms with Crippen molar-refractivity contribution in [2.75, 3.05) is 59.0 Å². The van der Waals surface area contributed by atoms with Gasteiger partial charge in [-0.15, -0.1) is 0 Å². The predicted molar refractivity (Wildman–Crippen MR) is 86.5 cm³/mol. The van der Waals surface area contributed by atoms with Gasteiger partial charge in [-0.1, -0.05) is 0 Å². The third-order valence-electron chi connectivity index (χ3n) is 6.22. The molecule has 3 aliphatic rings. The fraction of sp³-hybridized carbons (Fsp3) is 1.00. The first-order valence-electron chi connectivity index (χ1n) is 9.06. The van der Waals surface area contributed by atoms with Crippen LogP contribution in [-0.2, 0) is 0 Å². The molecule has 0 aromatic heterocycles. The maximum Gasteiger partial charge on any atom is 0.0558 e. The highest BCUT2D eigenvalue weighted by Gasteiger charge is 2.37. The topological polar surface area (TPSA) is 38.7 Å². The van der Waals surface area contributed by atoms with E-state index in [1.54, 1.807) is 0 Å². The Morgan fingerprint density at radius 1 is 0.905 bits per heavy atom. The molecule has 4 heteroatoms. The van der Waals surface area contributed by atoms with Crippen molar-refractivity contribution in [3.63, 3.8) is 0 Å². The van der Waals surface area contributed by atoms with Crippen molar-refractivity contribution in [2.45, 2.75) is 38.5 Å². The zero-order valence-corrected chi connectivity index (χ0v) is 13.5. The molecule has 0 radical (unpaired) electrons. The maximum atomic E-state index is 9.06. The molecule has 0 unspecified atom stereocenters. The first-order valence-corrected chi connectivity index (χ1v) is 9.06. The van der Waals surface area contributed by atoms with Crippen LogP contribution in [0.25, 0.3) is 0 Å². The van der Waals surface area contributed by atoms with E-state index in [4.69, 9.17) is 5.11 Å². The summed E-state index contributed by atoms with van der Waals surface area (Å²) in [6.07, 6.45) is 8.27. The van der Waals surface area contributed by atoms with Crippen molar-refractivity contribution in [2.24, 2.45) is 11.3 Å². The van der Waals surface area contributed by atoms with Gasteiger partial charge in [0.25, 0.3) is 0 Å². The second-order valence-electron chi connectivity index (χ2n) is 7.56. The minimum Gasteiger partial charge on any atom is -0.395 e. The Hall–Kier alpha value is -0.160. The molecule has 0 saturated carbocycles. The van der Waals surface area contributed by atoms with Gasteiger partial charge >= 0.3 is 0 Å². The van der Waals surface area contributed by atoms with Gasteiger partial charge in [0.05, 0.1) is 6.61 Å². The Balaban J connectivity index is 1.40. The number of aliphatic hydroxyl groups is 1. The number of nitrogens with zero attached hydrogens (tertiary/aromatic N) is 2. The molecule has 0 bridgehead atoms. The molecule has 3 saturated heterocycles. The van der Waals surface area contributed by atoms with Gasteiger partial charge < -0.3 is 20.2 Å². The smallest absolute Gasteiger partial charge is 0.0558 e. The number of likely N-dealkylation sites (tertiary alicyclic amines) is 2. The standard InChI is InChI=1S/C17H33N3O/c21-14-13-19-9-3-17(4-10-19)5-11-20(12-6-17)15-16-1-7-18-8-2-16/h16,18,21H,1-15H2. The minimum absolute atomic E-state index is 0.316. The Morgan fingerprint density at radius 3 is 2.05 bits per heavy atom. The number of piperidine rings is 3. The van der Waals surface area contributed by atoms with Crippen molar-refractivity contribution in [1.82, 2.24) is 15.1 Å². The highest BCUT2D eigenvalue weighted by atomic mass is 16.3. The lowest BCUT2D eigenvalue weighted by Crippen LogP contribution is -2.48. The van der Waals surface area contributed by atoms with Crippen LogP contribution in [0.1, 0.15) is 38.5 Å². The number of hydrogen-bond acceptors (Lipinski definition) is 4. The summed E-state index contributed by atoms with van der Waals surface area (Å²) in [6, 6.07) is 0. The number of nitrogens with one attached hydrogen (secondary N) is 1. The van der Waals surface area contributed by atoms with Crippen LogP contribution >= 0.6 is 0 Å². The van der Waals surface area contributed by atoms with Gasteiger partial charge in [0.1, 0.15) is 0 Å². The van der Waals surface area contributed by atoms with Crippen LogP contribution in [0.15, 0.2) is 0 Å². The van der Waals surface area contributed by atoms with Gasteiger partial charge in [-0.05, 0) is 89.1 Å². The highest BCUT2D eigenvalue weighted by Crippen LogP contribution is 2.41. The van der Waals surface area contributed by atoms with Crippen molar-refractivity contribution in [3.05, 3.63) is 0 Å². The molecule has 3 fully saturated rings. The van der Waals surface area contributed by atoms with E-state index in [0.717, 1.165) is 12.5 Å². The molecule has 0 aromatic rings. The molecular formula is C17H33N3O. The summed E-state index contributed by atoms with van der Waals surface area (Å²) < 4.78 is 0. The second kappa shape index (κ2) is 7.40. The lowest BCUT2D eigenvalue weighted by Gasteiger charge is -2.47. The molecule has 21 heavy (non-hydrogen) atoms. The number of β-amino-alcohol motifs (C(OH)–C–C–N with tert-alkyl or cyclic N) is 1. The lowest BCUT2D eigenvalue weighted by atomic mass is 9.71. The van der Waals surface area contributed by atoms with Gasteiger partial charge in [0.2, 0.25) is 0 Å². The van der Waals surface area contributed by atoms with E-state index in [1.165, 1.54) is 84.3 Å². The van der Waals surface area contributed by atoms with Gasteiger partial charge in [0.15, 0.2) is 0 Å². The van der Waals surface area contributed by atoms with Crippen LogP contribution in [0.3, 0.4) is 0 Å². The van der Waals surface area contributed by atoms with Crippen molar-refractivity contribution >= 4 is 0 Å². The largest absolute Gasteiger partial charge is 0.395 e. The van der Waals surface area contributed by atoms with E-state index in [0.29, 0.717) is 12.0 Å². The van der Waals surface area contributed by atoms with Gasteiger partial charge in [-0.25, -0.2) is 0 Å². The molecule has 3 heterocycles. The van der Waals surface area contributed by atoms with Gasteiger partial charge in [0, 0.05) is 13.1 Å². The summed E-state index contributed by atoms with van der Waals surface area (Å²) in [5, 5.41) is 12.5. The van der Waals surface area contributed by atoms with E-state index in [2.05, 4.69) is 15.1 Å². The second-order valence-corrected chi connectivity index (χ2v) is 7.56. The van der Waals surface area contributed by atoms with Crippen molar-refractivity contribution < 1.29 is 5.11 Å². The SMILES string of the molecule is OCCN1CCC2(CC1)CCN(CC1CCNCC1)CC2. The average Bonchev–Trinajstić information content (AvgIpc) is 2.54. The van der Waals surface area contributed by atoms with E-state index in [1.807, 2.05) is 0 Å². The van der Waals surface area contributed by atoms with Crippen LogP contribution in [-0.4, -0.2) is 73.9 Å². The lowest BCUT2D eigenvalue weighted by molar-refractivity contribution is 0.0241. The summed E-state index contributed by atoms with van der Waals surface area (Å²) in [5.74, 6) is 0.937. The molecule has 122 valence electrons. The normalized spacial score (nSPS) is 29.0. The summed E-state index contributed by atoms with van der Waals surface area (Å²) >= 11 is 0. The Labute approximate surface area is 129 Å². The zero-order chi connectivity index (χ0) is 14.5. The Bertz CT molecular complexity index is 299. The fourth-order valence-electron chi connectivity index (χ4n) is 4.53. The van der Waals surface area contributed by atoms with Crippen LogP contribution in [0.4, 0.5) is 0 Å². The summed E-state index contributed by atoms with van der Waals surface area (Å²) in [7, 11) is 0. The molecule has 3 aliphatic heterocycles. The van der Waals surface area contributed by atoms with Gasteiger partial charge in [-0.2, -0.15) is 0 Å². The molecule has 0 aliphatic carbocycles. The monoisotopic (exact) mass is 295 g/mol. The fourth-order valence-corrected chi connectivity index (χ4v) is 4.53. The predicted octanol–water partition coefficient (Wildman–Crippen LogP) is 1.16. The van der Waals surface area contributed by atoms with E-state index < -0.39 is 0 Å². The highest BCUT2D eigenvalue weighted by molar-refractivity contribution is 4.91. The quantitative estimate of drug-likeness (QED) is 0.816. The van der Waals surface area contributed by atoms with Crippen molar-refractivity contribution in [1.29, 1.82) is 0 Å². The first-order chi connectivity index (χ1) is 10.3. The number of hydrogen-bond donors (Lipinski definition) is 2. The summed E-state index contributed by atoms with van der Waals surface area (Å²) in [6.45, 7) is 10.0. The number of aliphatic hydroxyl groups excluding tert-OH is 1. The van der Waals surface area contributed by atoms with E-state index >= 15 is 0 Å².